The van der Waals surface area contributed by atoms with Gasteiger partial charge in [-0.15, -0.1) is 0 Å². The maximum absolute atomic E-state index is 10.7. The number of hydrogen-bond donors (Lipinski definition) is 0. The highest BCUT2D eigenvalue weighted by atomic mass is 16.9. The van der Waals surface area contributed by atoms with Crippen LogP contribution in [0.3, 0.4) is 0 Å². The molecule has 0 aliphatic carbocycles. The summed E-state index contributed by atoms with van der Waals surface area (Å²) in [6.07, 6.45) is 4.46. The molecule has 0 radical (unpaired) electrons. The lowest BCUT2D eigenvalue weighted by molar-refractivity contribution is -0.385. The van der Waals surface area contributed by atoms with Gasteiger partial charge in [-0.2, -0.15) is 0 Å². The lowest BCUT2D eigenvalue weighted by Crippen LogP contribution is -2.42. The zero-order valence-corrected chi connectivity index (χ0v) is 11.1. The van der Waals surface area contributed by atoms with Gasteiger partial charge in [0.05, 0.1) is 18.1 Å². The van der Waals surface area contributed by atoms with Crippen LogP contribution in [0.1, 0.15) is 18.9 Å². The molecule has 1 aromatic rings. The fourth-order valence-electron chi connectivity index (χ4n) is 2.38. The van der Waals surface area contributed by atoms with Crippen LogP contribution < -0.4 is 0 Å². The van der Waals surface area contributed by atoms with Gasteiger partial charge >= 0.3 is 5.97 Å². The van der Waals surface area contributed by atoms with Gasteiger partial charge in [0.1, 0.15) is 5.60 Å². The zero-order chi connectivity index (χ0) is 14.2. The molecular formula is C14H15NO5. The highest BCUT2D eigenvalue weighted by Gasteiger charge is 2.46. The first-order valence-electron chi connectivity index (χ1n) is 6.46. The van der Waals surface area contributed by atoms with E-state index in [4.69, 9.17) is 14.2 Å². The Kier molecular flexibility index (Phi) is 3.08. The number of nitro groups is 1. The first kappa shape index (κ1) is 13.2. The Hall–Kier alpha value is -1.76. The normalized spacial score (nSPS) is 27.9. The second-order valence-corrected chi connectivity index (χ2v) is 5.00. The highest BCUT2D eigenvalue weighted by Crippen LogP contribution is 2.41. The fourth-order valence-corrected chi connectivity index (χ4v) is 2.38. The molecule has 0 aromatic heterocycles. The van der Waals surface area contributed by atoms with Crippen molar-refractivity contribution in [3.05, 3.63) is 52.1 Å². The summed E-state index contributed by atoms with van der Waals surface area (Å²) in [5, 5.41) is 10.7. The summed E-state index contributed by atoms with van der Waals surface area (Å²) in [7, 11) is 0. The van der Waals surface area contributed by atoms with E-state index in [0.29, 0.717) is 13.2 Å². The number of nitrogens with zero attached hydrogens (tertiary/aromatic N) is 1. The Bertz CT molecular complexity index is 547. The van der Waals surface area contributed by atoms with E-state index in [0.717, 1.165) is 12.0 Å². The van der Waals surface area contributed by atoms with E-state index in [9.17, 15) is 10.1 Å². The SMILES string of the molecule is CC1(c2ccc([N+](=O)[O-])cc2)C=CC2(OCCCO2)O1. The molecule has 106 valence electrons. The molecule has 1 aromatic carbocycles. The van der Waals surface area contributed by atoms with Crippen molar-refractivity contribution in [1.82, 2.24) is 0 Å². The van der Waals surface area contributed by atoms with Gasteiger partial charge in [0, 0.05) is 18.2 Å². The van der Waals surface area contributed by atoms with Crippen molar-refractivity contribution in [3.63, 3.8) is 0 Å². The van der Waals surface area contributed by atoms with E-state index in [1.165, 1.54) is 12.1 Å². The smallest absolute Gasteiger partial charge is 0.305 e. The van der Waals surface area contributed by atoms with Gasteiger partial charge in [-0.05, 0) is 37.1 Å². The molecule has 6 heteroatoms. The molecule has 6 nitrogen and oxygen atoms in total. The van der Waals surface area contributed by atoms with Crippen LogP contribution in [0.2, 0.25) is 0 Å². The number of hydrogen-bond acceptors (Lipinski definition) is 5. The largest absolute Gasteiger partial charge is 0.324 e. The Morgan fingerprint density at radius 2 is 1.80 bits per heavy atom. The van der Waals surface area contributed by atoms with Crippen molar-refractivity contribution in [2.45, 2.75) is 24.9 Å². The van der Waals surface area contributed by atoms with Crippen LogP contribution in [0.25, 0.3) is 0 Å². The number of benzene rings is 1. The van der Waals surface area contributed by atoms with E-state index < -0.39 is 16.5 Å². The number of ether oxygens (including phenoxy) is 3. The first-order valence-corrected chi connectivity index (χ1v) is 6.46. The molecule has 0 saturated carbocycles. The second-order valence-electron chi connectivity index (χ2n) is 5.00. The summed E-state index contributed by atoms with van der Waals surface area (Å²) in [6.45, 7) is 3.04. The topological polar surface area (TPSA) is 70.8 Å². The second kappa shape index (κ2) is 4.66. The monoisotopic (exact) mass is 277 g/mol. The molecule has 20 heavy (non-hydrogen) atoms. The summed E-state index contributed by atoms with van der Waals surface area (Å²) < 4.78 is 17.1. The molecule has 1 spiro atoms. The average molecular weight is 277 g/mol. The van der Waals surface area contributed by atoms with Crippen molar-refractivity contribution in [2.75, 3.05) is 13.2 Å². The molecule has 2 aliphatic heterocycles. The lowest BCUT2D eigenvalue weighted by atomic mass is 9.96. The van der Waals surface area contributed by atoms with Crippen molar-refractivity contribution in [3.8, 4) is 0 Å². The fraction of sp³-hybridized carbons (Fsp3) is 0.429. The van der Waals surface area contributed by atoms with Crippen molar-refractivity contribution in [2.24, 2.45) is 0 Å². The predicted octanol–water partition coefficient (Wildman–Crippen LogP) is 2.49. The van der Waals surface area contributed by atoms with Gasteiger partial charge in [0.2, 0.25) is 0 Å². The van der Waals surface area contributed by atoms with Crippen LogP contribution in [0.4, 0.5) is 5.69 Å². The van der Waals surface area contributed by atoms with Crippen molar-refractivity contribution >= 4 is 5.69 Å². The average Bonchev–Trinajstić information content (AvgIpc) is 2.78. The third kappa shape index (κ3) is 2.22. The quantitative estimate of drug-likeness (QED) is 0.472. The summed E-state index contributed by atoms with van der Waals surface area (Å²) in [4.78, 5) is 10.3. The van der Waals surface area contributed by atoms with Gasteiger partial charge in [0.25, 0.3) is 5.69 Å². The van der Waals surface area contributed by atoms with Crippen LogP contribution in [0, 0.1) is 10.1 Å². The van der Waals surface area contributed by atoms with Crippen molar-refractivity contribution in [1.29, 1.82) is 0 Å². The Morgan fingerprint density at radius 3 is 2.40 bits per heavy atom. The molecule has 0 bridgehead atoms. The van der Waals surface area contributed by atoms with Gasteiger partial charge in [-0.25, -0.2) is 0 Å². The molecular weight excluding hydrogens is 262 g/mol. The molecule has 1 unspecified atom stereocenters. The van der Waals surface area contributed by atoms with Crippen LogP contribution >= 0.6 is 0 Å². The van der Waals surface area contributed by atoms with E-state index in [1.54, 1.807) is 18.2 Å². The lowest BCUT2D eigenvalue weighted by Gasteiger charge is -2.35. The Labute approximate surface area is 116 Å². The molecule has 2 heterocycles. The summed E-state index contributed by atoms with van der Waals surface area (Å²) in [5.41, 5.74) is 0.153. The molecule has 1 fully saturated rings. The number of nitro benzene ring substituents is 1. The first-order chi connectivity index (χ1) is 9.53. The summed E-state index contributed by atoms with van der Waals surface area (Å²) >= 11 is 0. The van der Waals surface area contributed by atoms with E-state index >= 15 is 0 Å². The Balaban J connectivity index is 1.83. The number of non-ortho nitro benzene ring substituents is 1. The van der Waals surface area contributed by atoms with E-state index in [1.807, 2.05) is 13.0 Å². The zero-order valence-electron chi connectivity index (χ0n) is 11.1. The molecule has 0 N–H and O–H groups in total. The van der Waals surface area contributed by atoms with Crippen molar-refractivity contribution < 1.29 is 19.1 Å². The van der Waals surface area contributed by atoms with Crippen LogP contribution in [0.5, 0.6) is 0 Å². The molecule has 0 amide bonds. The third-order valence-electron chi connectivity index (χ3n) is 3.51. The predicted molar refractivity (Wildman–Crippen MR) is 69.9 cm³/mol. The maximum Gasteiger partial charge on any atom is 0.305 e. The molecule has 3 rings (SSSR count). The van der Waals surface area contributed by atoms with Gasteiger partial charge < -0.3 is 14.2 Å². The summed E-state index contributed by atoms with van der Waals surface area (Å²) in [6, 6.07) is 6.30. The molecule has 1 atom stereocenters. The van der Waals surface area contributed by atoms with E-state index in [-0.39, 0.29) is 5.69 Å². The Morgan fingerprint density at radius 1 is 1.15 bits per heavy atom. The third-order valence-corrected chi connectivity index (χ3v) is 3.51. The van der Waals surface area contributed by atoms with E-state index in [2.05, 4.69) is 0 Å². The minimum absolute atomic E-state index is 0.0548. The highest BCUT2D eigenvalue weighted by molar-refractivity contribution is 5.38. The van der Waals surface area contributed by atoms with Gasteiger partial charge in [-0.3, -0.25) is 10.1 Å². The molecule has 1 saturated heterocycles. The van der Waals surface area contributed by atoms with Gasteiger partial charge in [0.15, 0.2) is 0 Å². The van der Waals surface area contributed by atoms with Gasteiger partial charge in [-0.1, -0.05) is 0 Å². The van der Waals surface area contributed by atoms with Crippen LogP contribution in [0.15, 0.2) is 36.4 Å². The number of rotatable bonds is 2. The van der Waals surface area contributed by atoms with Crippen LogP contribution in [-0.2, 0) is 19.8 Å². The minimum Gasteiger partial charge on any atom is -0.324 e. The molecule has 2 aliphatic rings. The minimum atomic E-state index is -1.12. The maximum atomic E-state index is 10.7. The standard InChI is InChI=1S/C14H15NO5/c1-13(11-3-5-12(6-4-11)15(16)17)7-8-14(20-13)18-9-2-10-19-14/h3-8H,2,9-10H2,1H3. The van der Waals surface area contributed by atoms with Crippen LogP contribution in [-0.4, -0.2) is 24.1 Å². The summed E-state index contributed by atoms with van der Waals surface area (Å²) in [5.74, 6) is -1.12.